The molecule has 0 spiro atoms. The summed E-state index contributed by atoms with van der Waals surface area (Å²) in [5.41, 5.74) is 0.778. The molecule has 0 aliphatic rings. The van der Waals surface area contributed by atoms with Crippen molar-refractivity contribution in [2.75, 3.05) is 13.2 Å². The van der Waals surface area contributed by atoms with Crippen LogP contribution in [0.1, 0.15) is 26.3 Å². The molecule has 0 aromatic heterocycles. The van der Waals surface area contributed by atoms with Gasteiger partial charge in [0.15, 0.2) is 18.2 Å². The Morgan fingerprint density at radius 3 is 2.52 bits per heavy atom. The van der Waals surface area contributed by atoms with E-state index in [1.165, 1.54) is 23.1 Å². The highest BCUT2D eigenvalue weighted by Crippen LogP contribution is 2.17. The quantitative estimate of drug-likeness (QED) is 0.665. The predicted molar refractivity (Wildman–Crippen MR) is 111 cm³/mol. The third kappa shape index (κ3) is 7.06. The van der Waals surface area contributed by atoms with E-state index in [2.05, 4.69) is 5.32 Å². The van der Waals surface area contributed by atoms with Crippen molar-refractivity contribution in [3.8, 4) is 5.75 Å². The number of hydrogen-bond acceptors (Lipinski definition) is 3. The predicted octanol–water partition coefficient (Wildman–Crippen LogP) is 4.05. The molecule has 2 amide bonds. The maximum absolute atomic E-state index is 13.8. The lowest BCUT2D eigenvalue weighted by atomic mass is 10.1. The van der Waals surface area contributed by atoms with Crippen LogP contribution >= 0.6 is 11.6 Å². The molecule has 2 aromatic carbocycles. The molecule has 1 N–H and O–H groups in total. The molecule has 2 aromatic rings. The van der Waals surface area contributed by atoms with Crippen LogP contribution in [0.2, 0.25) is 5.02 Å². The Kier molecular flexibility index (Phi) is 8.46. The third-order valence-corrected chi connectivity index (χ3v) is 4.52. The Bertz CT molecular complexity index is 844. The summed E-state index contributed by atoms with van der Waals surface area (Å²) in [5, 5.41) is 3.37. The number of amides is 2. The molecule has 1 unspecified atom stereocenters. The van der Waals surface area contributed by atoms with Crippen molar-refractivity contribution in [2.45, 2.75) is 33.4 Å². The van der Waals surface area contributed by atoms with E-state index < -0.39 is 17.8 Å². The fourth-order valence-electron chi connectivity index (χ4n) is 2.65. The van der Waals surface area contributed by atoms with Crippen LogP contribution in [-0.2, 0) is 16.1 Å². The molecule has 156 valence electrons. The van der Waals surface area contributed by atoms with E-state index in [-0.39, 0.29) is 30.7 Å². The SMILES string of the molecule is CC(C)CNC(=O)C(C)N(Cc1cccc(Cl)c1)C(=O)COc1ccccc1F. The number of benzene rings is 2. The number of carbonyl (C=O) groups excluding carboxylic acids is 2. The average molecular weight is 421 g/mol. The van der Waals surface area contributed by atoms with Gasteiger partial charge in [0, 0.05) is 18.1 Å². The number of halogens is 2. The van der Waals surface area contributed by atoms with Crippen LogP contribution in [0.3, 0.4) is 0 Å². The van der Waals surface area contributed by atoms with Gasteiger partial charge in [-0.2, -0.15) is 0 Å². The second kappa shape index (κ2) is 10.8. The van der Waals surface area contributed by atoms with E-state index in [1.54, 1.807) is 31.2 Å². The summed E-state index contributed by atoms with van der Waals surface area (Å²) < 4.78 is 19.1. The zero-order valence-corrected chi connectivity index (χ0v) is 17.6. The summed E-state index contributed by atoms with van der Waals surface area (Å²) in [6.45, 7) is 5.93. The van der Waals surface area contributed by atoms with E-state index in [0.29, 0.717) is 11.6 Å². The van der Waals surface area contributed by atoms with Crippen molar-refractivity contribution >= 4 is 23.4 Å². The van der Waals surface area contributed by atoms with Gasteiger partial charge in [-0.05, 0) is 42.7 Å². The van der Waals surface area contributed by atoms with Gasteiger partial charge < -0.3 is 15.0 Å². The van der Waals surface area contributed by atoms with E-state index in [1.807, 2.05) is 19.9 Å². The second-order valence-electron chi connectivity index (χ2n) is 7.19. The van der Waals surface area contributed by atoms with Gasteiger partial charge >= 0.3 is 0 Å². The monoisotopic (exact) mass is 420 g/mol. The number of nitrogens with zero attached hydrogens (tertiary/aromatic N) is 1. The first-order chi connectivity index (χ1) is 13.8. The van der Waals surface area contributed by atoms with Crippen LogP contribution in [0.15, 0.2) is 48.5 Å². The van der Waals surface area contributed by atoms with Gasteiger partial charge in [-0.25, -0.2) is 4.39 Å². The van der Waals surface area contributed by atoms with Gasteiger partial charge in [0.2, 0.25) is 5.91 Å². The Morgan fingerprint density at radius 1 is 1.14 bits per heavy atom. The molecule has 29 heavy (non-hydrogen) atoms. The largest absolute Gasteiger partial charge is 0.481 e. The van der Waals surface area contributed by atoms with Crippen molar-refractivity contribution in [3.63, 3.8) is 0 Å². The van der Waals surface area contributed by atoms with Gasteiger partial charge in [-0.15, -0.1) is 0 Å². The molecule has 0 aliphatic carbocycles. The lowest BCUT2D eigenvalue weighted by Gasteiger charge is -2.29. The smallest absolute Gasteiger partial charge is 0.261 e. The normalized spacial score (nSPS) is 11.8. The van der Waals surface area contributed by atoms with Crippen molar-refractivity contribution in [3.05, 3.63) is 64.9 Å². The number of nitrogens with one attached hydrogen (secondary N) is 1. The number of para-hydroxylation sites is 1. The van der Waals surface area contributed by atoms with Gasteiger partial charge in [0.25, 0.3) is 5.91 Å². The van der Waals surface area contributed by atoms with E-state index >= 15 is 0 Å². The minimum Gasteiger partial charge on any atom is -0.481 e. The summed E-state index contributed by atoms with van der Waals surface area (Å²) >= 11 is 6.04. The maximum atomic E-state index is 13.8. The number of hydrogen-bond donors (Lipinski definition) is 1. The van der Waals surface area contributed by atoms with Crippen LogP contribution in [-0.4, -0.2) is 35.9 Å². The number of rotatable bonds is 9. The first-order valence-corrected chi connectivity index (χ1v) is 9.84. The fraction of sp³-hybridized carbons (Fsp3) is 0.364. The Balaban J connectivity index is 2.14. The third-order valence-electron chi connectivity index (χ3n) is 4.28. The molecule has 7 heteroatoms. The highest BCUT2D eigenvalue weighted by molar-refractivity contribution is 6.30. The van der Waals surface area contributed by atoms with Crippen LogP contribution < -0.4 is 10.1 Å². The Labute approximate surface area is 175 Å². The molecule has 5 nitrogen and oxygen atoms in total. The molecule has 0 fully saturated rings. The molecule has 1 atom stereocenters. The molecule has 0 aliphatic heterocycles. The lowest BCUT2D eigenvalue weighted by molar-refractivity contribution is -0.142. The summed E-state index contributed by atoms with van der Waals surface area (Å²) in [6, 6.07) is 12.2. The topological polar surface area (TPSA) is 58.6 Å². The van der Waals surface area contributed by atoms with Gasteiger partial charge in [0.05, 0.1) is 0 Å². The first kappa shape index (κ1) is 22.7. The Hall–Kier alpha value is -2.60. The van der Waals surface area contributed by atoms with Crippen molar-refractivity contribution in [2.24, 2.45) is 5.92 Å². The van der Waals surface area contributed by atoms with Gasteiger partial charge in [-0.1, -0.05) is 49.7 Å². The van der Waals surface area contributed by atoms with E-state index in [0.717, 1.165) is 5.56 Å². The van der Waals surface area contributed by atoms with Crippen LogP contribution in [0.4, 0.5) is 4.39 Å². The first-order valence-electron chi connectivity index (χ1n) is 9.47. The molecule has 0 saturated carbocycles. The fourth-order valence-corrected chi connectivity index (χ4v) is 2.86. The standard InChI is InChI=1S/C22H26ClFN2O3/c1-15(2)12-25-22(28)16(3)26(13-17-7-6-8-18(23)11-17)21(27)14-29-20-10-5-4-9-19(20)24/h4-11,15-16H,12-14H2,1-3H3,(H,25,28). The lowest BCUT2D eigenvalue weighted by Crippen LogP contribution is -2.49. The van der Waals surface area contributed by atoms with Crippen molar-refractivity contribution < 1.29 is 18.7 Å². The zero-order chi connectivity index (χ0) is 21.4. The van der Waals surface area contributed by atoms with Gasteiger partial charge in [0.1, 0.15) is 6.04 Å². The highest BCUT2D eigenvalue weighted by atomic mass is 35.5. The molecule has 0 radical (unpaired) electrons. The molecular weight excluding hydrogens is 395 g/mol. The molecule has 0 bridgehead atoms. The second-order valence-corrected chi connectivity index (χ2v) is 7.62. The van der Waals surface area contributed by atoms with Crippen LogP contribution in [0, 0.1) is 11.7 Å². The summed E-state index contributed by atoms with van der Waals surface area (Å²) in [4.78, 5) is 26.8. The minimum absolute atomic E-state index is 0.0135. The van der Waals surface area contributed by atoms with E-state index in [4.69, 9.17) is 16.3 Å². The maximum Gasteiger partial charge on any atom is 0.261 e. The molecule has 0 saturated heterocycles. The summed E-state index contributed by atoms with van der Waals surface area (Å²) in [5.74, 6) is -0.974. The van der Waals surface area contributed by atoms with E-state index in [9.17, 15) is 14.0 Å². The van der Waals surface area contributed by atoms with Gasteiger partial charge in [-0.3, -0.25) is 9.59 Å². The molecule has 0 heterocycles. The minimum atomic E-state index is -0.732. The summed E-state index contributed by atoms with van der Waals surface area (Å²) in [7, 11) is 0. The number of ether oxygens (including phenoxy) is 1. The zero-order valence-electron chi connectivity index (χ0n) is 16.8. The highest BCUT2D eigenvalue weighted by Gasteiger charge is 2.26. The molecule has 2 rings (SSSR count). The average Bonchev–Trinajstić information content (AvgIpc) is 2.69. The summed E-state index contributed by atoms with van der Waals surface area (Å²) in [6.07, 6.45) is 0. The van der Waals surface area contributed by atoms with Crippen LogP contribution in [0.25, 0.3) is 0 Å². The number of carbonyl (C=O) groups is 2. The Morgan fingerprint density at radius 2 is 1.86 bits per heavy atom. The van der Waals surface area contributed by atoms with Crippen molar-refractivity contribution in [1.29, 1.82) is 0 Å². The molecular formula is C22H26ClFN2O3. The van der Waals surface area contributed by atoms with Crippen LogP contribution in [0.5, 0.6) is 5.75 Å². The van der Waals surface area contributed by atoms with Crippen molar-refractivity contribution in [1.82, 2.24) is 10.2 Å².